The third-order valence-corrected chi connectivity index (χ3v) is 3.90. The quantitative estimate of drug-likeness (QED) is 0.751. The second-order valence-corrected chi connectivity index (χ2v) is 5.80. The number of benzene rings is 1. The van der Waals surface area contributed by atoms with Gasteiger partial charge in [0, 0.05) is 12.6 Å². The third-order valence-electron chi connectivity index (χ3n) is 3.90. The molecule has 0 saturated carbocycles. The highest BCUT2D eigenvalue weighted by Crippen LogP contribution is 2.29. The zero-order valence-corrected chi connectivity index (χ0v) is 13.0. The van der Waals surface area contributed by atoms with Crippen LogP contribution < -0.4 is 16.2 Å². The number of halogens is 3. The number of amides is 1. The Hall–Kier alpha value is -1.60. The van der Waals surface area contributed by atoms with E-state index in [0.29, 0.717) is 24.6 Å². The van der Waals surface area contributed by atoms with Crippen molar-refractivity contribution in [3.63, 3.8) is 0 Å². The maximum atomic E-state index is 12.6. The molecule has 0 aliphatic carbocycles. The van der Waals surface area contributed by atoms with Crippen LogP contribution in [-0.2, 0) is 17.4 Å². The second-order valence-electron chi connectivity index (χ2n) is 5.80. The molecule has 1 amide bonds. The number of alkyl halides is 3. The highest BCUT2D eigenvalue weighted by atomic mass is 19.4. The van der Waals surface area contributed by atoms with Gasteiger partial charge in [-0.3, -0.25) is 10.2 Å². The van der Waals surface area contributed by atoms with Crippen LogP contribution in [0.4, 0.5) is 13.2 Å². The van der Waals surface area contributed by atoms with Crippen molar-refractivity contribution in [3.05, 3.63) is 35.4 Å². The minimum absolute atomic E-state index is 0.122. The lowest BCUT2D eigenvalue weighted by Crippen LogP contribution is -2.43. The smallest absolute Gasteiger partial charge is 0.354 e. The van der Waals surface area contributed by atoms with Crippen LogP contribution in [-0.4, -0.2) is 24.5 Å². The molecule has 0 bridgehead atoms. The second kappa shape index (κ2) is 7.79. The van der Waals surface area contributed by atoms with Crippen LogP contribution in [0.1, 0.15) is 37.3 Å². The van der Waals surface area contributed by atoms with E-state index in [1.165, 1.54) is 6.07 Å². The van der Waals surface area contributed by atoms with Crippen LogP contribution in [0.25, 0.3) is 0 Å². The van der Waals surface area contributed by atoms with Crippen molar-refractivity contribution < 1.29 is 18.0 Å². The molecule has 1 heterocycles. The molecule has 128 valence electrons. The lowest BCUT2D eigenvalue weighted by Gasteiger charge is -2.12. The van der Waals surface area contributed by atoms with Crippen molar-refractivity contribution in [2.75, 3.05) is 6.54 Å². The molecule has 1 saturated heterocycles. The number of rotatable bonds is 6. The van der Waals surface area contributed by atoms with Crippen molar-refractivity contribution >= 4 is 5.91 Å². The average molecular weight is 329 g/mol. The number of carbonyl (C=O) groups excluding carboxylic acids is 1. The topological polar surface area (TPSA) is 53.2 Å². The molecule has 0 spiro atoms. The molecule has 3 N–H and O–H groups in total. The minimum atomic E-state index is -4.34. The molecule has 2 atom stereocenters. The van der Waals surface area contributed by atoms with E-state index in [1.807, 2.05) is 0 Å². The predicted octanol–water partition coefficient (Wildman–Crippen LogP) is 2.40. The highest BCUT2D eigenvalue weighted by molar-refractivity contribution is 5.82. The molecule has 1 aromatic carbocycles. The Morgan fingerprint density at radius 3 is 2.83 bits per heavy atom. The van der Waals surface area contributed by atoms with E-state index >= 15 is 0 Å². The Morgan fingerprint density at radius 2 is 2.13 bits per heavy atom. The van der Waals surface area contributed by atoms with Crippen molar-refractivity contribution in [1.29, 1.82) is 0 Å². The summed E-state index contributed by atoms with van der Waals surface area (Å²) in [5.41, 5.74) is 5.94. The van der Waals surface area contributed by atoms with Gasteiger partial charge < -0.3 is 5.32 Å². The van der Waals surface area contributed by atoms with Gasteiger partial charge in [0.1, 0.15) is 6.04 Å². The Bertz CT molecular complexity index is 534. The van der Waals surface area contributed by atoms with Gasteiger partial charge in [0.2, 0.25) is 5.91 Å². The van der Waals surface area contributed by atoms with Gasteiger partial charge in [0.25, 0.3) is 0 Å². The van der Waals surface area contributed by atoms with Gasteiger partial charge in [-0.2, -0.15) is 13.2 Å². The van der Waals surface area contributed by atoms with E-state index in [9.17, 15) is 18.0 Å². The molecule has 23 heavy (non-hydrogen) atoms. The van der Waals surface area contributed by atoms with Crippen LogP contribution in [0, 0.1) is 0 Å². The van der Waals surface area contributed by atoms with Crippen molar-refractivity contribution in [1.82, 2.24) is 16.2 Å². The summed E-state index contributed by atoms with van der Waals surface area (Å²) in [6.45, 7) is 2.40. The molecular formula is C16H22F3N3O. The summed E-state index contributed by atoms with van der Waals surface area (Å²) in [5, 5.41) is 2.77. The standard InChI is InChI=1S/C16H22F3N3O/c1-2-4-13-10-14(22-21-13)15(23)20-8-7-11-5-3-6-12(9-11)16(17,18)19/h3,5-6,9,13-14,21-22H,2,4,7-8,10H2,1H3,(H,20,23). The number of nitrogens with one attached hydrogen (secondary N) is 3. The molecule has 4 nitrogen and oxygen atoms in total. The molecule has 1 aliphatic rings. The van der Waals surface area contributed by atoms with E-state index in [-0.39, 0.29) is 11.9 Å². The zero-order valence-electron chi connectivity index (χ0n) is 13.0. The number of hydrazine groups is 1. The first-order valence-electron chi connectivity index (χ1n) is 7.85. The molecule has 0 aromatic heterocycles. The fourth-order valence-corrected chi connectivity index (χ4v) is 2.69. The minimum Gasteiger partial charge on any atom is -0.354 e. The lowest BCUT2D eigenvalue weighted by molar-refractivity contribution is -0.137. The molecule has 1 fully saturated rings. The fourth-order valence-electron chi connectivity index (χ4n) is 2.69. The van der Waals surface area contributed by atoms with Crippen LogP contribution in [0.3, 0.4) is 0 Å². The van der Waals surface area contributed by atoms with E-state index in [4.69, 9.17) is 0 Å². The highest BCUT2D eigenvalue weighted by Gasteiger charge is 2.30. The van der Waals surface area contributed by atoms with Gasteiger partial charge in [-0.05, 0) is 30.9 Å². The van der Waals surface area contributed by atoms with Gasteiger partial charge in [-0.25, -0.2) is 5.43 Å². The zero-order chi connectivity index (χ0) is 16.9. The van der Waals surface area contributed by atoms with Gasteiger partial charge in [-0.15, -0.1) is 0 Å². The molecule has 0 radical (unpaired) electrons. The van der Waals surface area contributed by atoms with Crippen LogP contribution >= 0.6 is 0 Å². The Morgan fingerprint density at radius 1 is 1.35 bits per heavy atom. The maximum Gasteiger partial charge on any atom is 0.416 e. The van der Waals surface area contributed by atoms with E-state index < -0.39 is 11.7 Å². The molecule has 7 heteroatoms. The first-order valence-corrected chi connectivity index (χ1v) is 7.85. The van der Waals surface area contributed by atoms with E-state index in [1.54, 1.807) is 6.07 Å². The molecule has 1 aliphatic heterocycles. The molecule has 2 unspecified atom stereocenters. The number of hydrogen-bond donors (Lipinski definition) is 3. The van der Waals surface area contributed by atoms with Crippen molar-refractivity contribution in [2.24, 2.45) is 0 Å². The summed E-state index contributed by atoms with van der Waals surface area (Å²) in [5.74, 6) is -0.122. The summed E-state index contributed by atoms with van der Waals surface area (Å²) in [4.78, 5) is 12.0. The summed E-state index contributed by atoms with van der Waals surface area (Å²) < 4.78 is 37.9. The summed E-state index contributed by atoms with van der Waals surface area (Å²) in [6.07, 6.45) is -1.20. The first-order chi connectivity index (χ1) is 10.9. The monoisotopic (exact) mass is 329 g/mol. The third kappa shape index (κ3) is 5.21. The SMILES string of the molecule is CCCC1CC(C(=O)NCCc2cccc(C(F)(F)F)c2)NN1. The molecule has 1 aromatic rings. The first kappa shape index (κ1) is 17.7. The molecule has 2 rings (SSSR count). The van der Waals surface area contributed by atoms with E-state index in [0.717, 1.165) is 31.4 Å². The van der Waals surface area contributed by atoms with Gasteiger partial charge in [0.05, 0.1) is 5.56 Å². The molecular weight excluding hydrogens is 307 g/mol. The summed E-state index contributed by atoms with van der Waals surface area (Å²) >= 11 is 0. The fraction of sp³-hybridized carbons (Fsp3) is 0.562. The van der Waals surface area contributed by atoms with Crippen molar-refractivity contribution in [3.8, 4) is 0 Å². The maximum absolute atomic E-state index is 12.6. The Balaban J connectivity index is 1.78. The number of carbonyl (C=O) groups is 1. The summed E-state index contributed by atoms with van der Waals surface area (Å²) in [6, 6.07) is 5.20. The average Bonchev–Trinajstić information content (AvgIpc) is 2.96. The largest absolute Gasteiger partial charge is 0.416 e. The summed E-state index contributed by atoms with van der Waals surface area (Å²) in [7, 11) is 0. The van der Waals surface area contributed by atoms with Crippen LogP contribution in [0.5, 0.6) is 0 Å². The normalized spacial score (nSPS) is 21.4. The van der Waals surface area contributed by atoms with Crippen molar-refractivity contribution in [2.45, 2.75) is 50.9 Å². The van der Waals surface area contributed by atoms with Gasteiger partial charge in [0.15, 0.2) is 0 Å². The van der Waals surface area contributed by atoms with Gasteiger partial charge in [-0.1, -0.05) is 31.5 Å². The predicted molar refractivity (Wildman–Crippen MR) is 81.5 cm³/mol. The van der Waals surface area contributed by atoms with Crippen LogP contribution in [0.2, 0.25) is 0 Å². The Kier molecular flexibility index (Phi) is 6.01. The van der Waals surface area contributed by atoms with Crippen LogP contribution in [0.15, 0.2) is 24.3 Å². The van der Waals surface area contributed by atoms with Gasteiger partial charge >= 0.3 is 6.18 Å². The Labute approximate surface area is 133 Å². The number of hydrogen-bond acceptors (Lipinski definition) is 3. The lowest BCUT2D eigenvalue weighted by atomic mass is 10.1. The van der Waals surface area contributed by atoms with E-state index in [2.05, 4.69) is 23.1 Å².